The molecule has 0 saturated heterocycles. The molecular formula is C14H14FNO2S. The molecule has 0 radical (unpaired) electrons. The maximum absolute atomic E-state index is 13.3. The Bertz CT molecular complexity index is 711. The molecule has 0 fully saturated rings. The fraction of sp³-hybridized carbons (Fsp3) is 0.143. The standard InChI is InChI=1S/C14H14FNO2S/c1-10-3-2-4-11(7-10)9-19(17,18)12-5-6-14(16)13(15)8-12/h2-8H,9,16H2,1H3. The zero-order valence-corrected chi connectivity index (χ0v) is 11.2. The van der Waals surface area contributed by atoms with Crippen molar-refractivity contribution in [1.29, 1.82) is 0 Å². The van der Waals surface area contributed by atoms with Crippen molar-refractivity contribution in [3.63, 3.8) is 0 Å². The third kappa shape index (κ3) is 3.12. The van der Waals surface area contributed by atoms with Gasteiger partial charge in [0, 0.05) is 0 Å². The van der Waals surface area contributed by atoms with Gasteiger partial charge in [-0.1, -0.05) is 29.8 Å². The first-order valence-electron chi connectivity index (χ1n) is 5.72. The van der Waals surface area contributed by atoms with E-state index in [0.29, 0.717) is 5.56 Å². The van der Waals surface area contributed by atoms with Crippen LogP contribution in [0.15, 0.2) is 47.4 Å². The molecule has 0 aliphatic heterocycles. The predicted molar refractivity (Wildman–Crippen MR) is 72.9 cm³/mol. The number of anilines is 1. The van der Waals surface area contributed by atoms with Crippen LogP contribution in [0.2, 0.25) is 0 Å². The minimum atomic E-state index is -3.56. The van der Waals surface area contributed by atoms with Gasteiger partial charge in [-0.3, -0.25) is 0 Å². The second kappa shape index (κ2) is 5.01. The van der Waals surface area contributed by atoms with Crippen LogP contribution >= 0.6 is 0 Å². The lowest BCUT2D eigenvalue weighted by Gasteiger charge is -2.06. The Hall–Kier alpha value is -1.88. The maximum Gasteiger partial charge on any atom is 0.182 e. The van der Waals surface area contributed by atoms with E-state index < -0.39 is 15.7 Å². The lowest BCUT2D eigenvalue weighted by atomic mass is 10.2. The first kappa shape index (κ1) is 13.5. The van der Waals surface area contributed by atoms with Crippen molar-refractivity contribution in [1.82, 2.24) is 0 Å². The molecule has 0 bridgehead atoms. The second-order valence-electron chi connectivity index (χ2n) is 4.43. The fourth-order valence-corrected chi connectivity index (χ4v) is 3.15. The summed E-state index contributed by atoms with van der Waals surface area (Å²) >= 11 is 0. The Morgan fingerprint density at radius 2 is 1.89 bits per heavy atom. The zero-order chi connectivity index (χ0) is 14.0. The number of hydrogen-bond donors (Lipinski definition) is 1. The molecule has 100 valence electrons. The van der Waals surface area contributed by atoms with Crippen LogP contribution in [0.3, 0.4) is 0 Å². The van der Waals surface area contributed by atoms with Crippen LogP contribution in [-0.4, -0.2) is 8.42 Å². The first-order valence-corrected chi connectivity index (χ1v) is 7.37. The molecule has 5 heteroatoms. The van der Waals surface area contributed by atoms with E-state index in [2.05, 4.69) is 0 Å². The number of benzene rings is 2. The van der Waals surface area contributed by atoms with Gasteiger partial charge in [0.2, 0.25) is 0 Å². The topological polar surface area (TPSA) is 60.2 Å². The smallest absolute Gasteiger partial charge is 0.182 e. The molecule has 0 heterocycles. The van der Waals surface area contributed by atoms with E-state index in [9.17, 15) is 12.8 Å². The van der Waals surface area contributed by atoms with Crippen LogP contribution in [0.4, 0.5) is 10.1 Å². The van der Waals surface area contributed by atoms with E-state index in [1.165, 1.54) is 12.1 Å². The highest BCUT2D eigenvalue weighted by Crippen LogP contribution is 2.20. The number of rotatable bonds is 3. The van der Waals surface area contributed by atoms with Crippen molar-refractivity contribution in [2.45, 2.75) is 17.6 Å². The number of aryl methyl sites for hydroxylation is 1. The fourth-order valence-electron chi connectivity index (χ4n) is 1.81. The molecule has 2 rings (SSSR count). The van der Waals surface area contributed by atoms with E-state index in [-0.39, 0.29) is 16.3 Å². The monoisotopic (exact) mass is 279 g/mol. The first-order chi connectivity index (χ1) is 8.88. The Balaban J connectivity index is 2.35. The third-order valence-corrected chi connectivity index (χ3v) is 4.46. The molecule has 0 aromatic heterocycles. The van der Waals surface area contributed by atoms with Gasteiger partial charge >= 0.3 is 0 Å². The van der Waals surface area contributed by atoms with Gasteiger partial charge < -0.3 is 5.73 Å². The Morgan fingerprint density at radius 3 is 2.53 bits per heavy atom. The molecule has 3 nitrogen and oxygen atoms in total. The maximum atomic E-state index is 13.3. The summed E-state index contributed by atoms with van der Waals surface area (Å²) in [6.45, 7) is 1.89. The predicted octanol–water partition coefficient (Wildman–Crippen LogP) is 2.69. The van der Waals surface area contributed by atoms with Crippen LogP contribution in [0.5, 0.6) is 0 Å². The molecule has 0 amide bonds. The van der Waals surface area contributed by atoms with Crippen LogP contribution < -0.4 is 5.73 Å². The largest absolute Gasteiger partial charge is 0.396 e. The molecule has 2 N–H and O–H groups in total. The number of nitrogens with two attached hydrogens (primary N) is 1. The number of sulfone groups is 1. The van der Waals surface area contributed by atoms with Gasteiger partial charge in [-0.05, 0) is 30.7 Å². The Kier molecular flexibility index (Phi) is 3.57. The molecule has 2 aromatic rings. The van der Waals surface area contributed by atoms with Gasteiger partial charge in [-0.15, -0.1) is 0 Å². The summed E-state index contributed by atoms with van der Waals surface area (Å²) in [6.07, 6.45) is 0. The quantitative estimate of drug-likeness (QED) is 0.879. The van der Waals surface area contributed by atoms with E-state index in [1.54, 1.807) is 18.2 Å². The van der Waals surface area contributed by atoms with Gasteiger partial charge in [0.25, 0.3) is 0 Å². The zero-order valence-electron chi connectivity index (χ0n) is 10.4. The Labute approximate surface area is 111 Å². The summed E-state index contributed by atoms with van der Waals surface area (Å²) in [7, 11) is -3.56. The van der Waals surface area contributed by atoms with Crippen LogP contribution in [0.25, 0.3) is 0 Å². The van der Waals surface area contributed by atoms with Gasteiger partial charge in [0.1, 0.15) is 5.82 Å². The molecule has 0 unspecified atom stereocenters. The van der Waals surface area contributed by atoms with Gasteiger partial charge in [-0.2, -0.15) is 0 Å². The summed E-state index contributed by atoms with van der Waals surface area (Å²) in [4.78, 5) is -0.0549. The summed E-state index contributed by atoms with van der Waals surface area (Å²) in [5.41, 5.74) is 6.93. The lowest BCUT2D eigenvalue weighted by molar-refractivity contribution is 0.591. The average Bonchev–Trinajstić information content (AvgIpc) is 2.32. The highest BCUT2D eigenvalue weighted by Gasteiger charge is 2.16. The molecular weight excluding hydrogens is 265 g/mol. The number of hydrogen-bond acceptors (Lipinski definition) is 3. The van der Waals surface area contributed by atoms with Crippen LogP contribution in [-0.2, 0) is 15.6 Å². The number of nitrogen functional groups attached to an aromatic ring is 1. The summed E-state index contributed by atoms with van der Waals surface area (Å²) < 4.78 is 37.7. The van der Waals surface area contributed by atoms with E-state index >= 15 is 0 Å². The van der Waals surface area contributed by atoms with Crippen molar-refractivity contribution >= 4 is 15.5 Å². The molecule has 0 spiro atoms. The number of halogens is 1. The molecule has 0 aliphatic carbocycles. The highest BCUT2D eigenvalue weighted by molar-refractivity contribution is 7.90. The van der Waals surface area contributed by atoms with Crippen LogP contribution in [0.1, 0.15) is 11.1 Å². The lowest BCUT2D eigenvalue weighted by Crippen LogP contribution is -2.06. The normalized spacial score (nSPS) is 11.5. The minimum absolute atomic E-state index is 0.0549. The summed E-state index contributed by atoms with van der Waals surface area (Å²) in [6, 6.07) is 10.8. The van der Waals surface area contributed by atoms with Crippen molar-refractivity contribution < 1.29 is 12.8 Å². The highest BCUT2D eigenvalue weighted by atomic mass is 32.2. The van der Waals surface area contributed by atoms with Crippen molar-refractivity contribution in [3.05, 3.63) is 59.4 Å². The summed E-state index contributed by atoms with van der Waals surface area (Å²) in [5, 5.41) is 0. The van der Waals surface area contributed by atoms with Crippen molar-refractivity contribution in [3.8, 4) is 0 Å². The third-order valence-electron chi connectivity index (χ3n) is 2.77. The molecule has 0 atom stereocenters. The Morgan fingerprint density at radius 1 is 1.16 bits per heavy atom. The second-order valence-corrected chi connectivity index (χ2v) is 6.42. The van der Waals surface area contributed by atoms with Gasteiger partial charge in [0.15, 0.2) is 9.84 Å². The van der Waals surface area contributed by atoms with E-state index in [0.717, 1.165) is 11.6 Å². The van der Waals surface area contributed by atoms with Gasteiger partial charge in [0.05, 0.1) is 16.3 Å². The van der Waals surface area contributed by atoms with Crippen molar-refractivity contribution in [2.75, 3.05) is 5.73 Å². The SMILES string of the molecule is Cc1cccc(CS(=O)(=O)c2ccc(N)c(F)c2)c1. The minimum Gasteiger partial charge on any atom is -0.396 e. The van der Waals surface area contributed by atoms with Crippen molar-refractivity contribution in [2.24, 2.45) is 0 Å². The van der Waals surface area contributed by atoms with Gasteiger partial charge in [-0.25, -0.2) is 12.8 Å². The molecule has 2 aromatic carbocycles. The van der Waals surface area contributed by atoms with E-state index in [4.69, 9.17) is 5.73 Å². The summed E-state index contributed by atoms with van der Waals surface area (Å²) in [5.74, 6) is -0.872. The molecule has 19 heavy (non-hydrogen) atoms. The van der Waals surface area contributed by atoms with Crippen LogP contribution in [0, 0.1) is 12.7 Å². The molecule has 0 aliphatic rings. The average molecular weight is 279 g/mol. The molecule has 0 saturated carbocycles. The van der Waals surface area contributed by atoms with E-state index in [1.807, 2.05) is 13.0 Å².